The zero-order valence-corrected chi connectivity index (χ0v) is 6.50. The average molecular weight is 166 g/mol. The van der Waals surface area contributed by atoms with E-state index in [1.54, 1.807) is 0 Å². The molecule has 0 saturated carbocycles. The normalized spacial score (nSPS) is 1.40. The van der Waals surface area contributed by atoms with Gasteiger partial charge in [-0.1, -0.05) is 0 Å². The van der Waals surface area contributed by atoms with Crippen molar-refractivity contribution in [2.75, 3.05) is 0 Å². The summed E-state index contributed by atoms with van der Waals surface area (Å²) in [4.78, 5) is 0. The van der Waals surface area contributed by atoms with E-state index in [0.29, 0.717) is 0 Å². The molecule has 0 unspecified atom stereocenters. The van der Waals surface area contributed by atoms with Gasteiger partial charge in [0.2, 0.25) is 0 Å². The minimum absolute atomic E-state index is 0. The molecule has 0 aliphatic heterocycles. The van der Waals surface area contributed by atoms with Gasteiger partial charge in [0.1, 0.15) is 0 Å². The molecule has 2 N–H and O–H groups in total. The van der Waals surface area contributed by atoms with Crippen LogP contribution in [0.2, 0.25) is 0 Å². The molecule has 0 fully saturated rings. The monoisotopic (exact) mass is 164 g/mol. The molecule has 0 heterocycles. The van der Waals surface area contributed by atoms with E-state index in [0.717, 1.165) is 0 Å². The first kappa shape index (κ1) is 18.1. The van der Waals surface area contributed by atoms with Gasteiger partial charge >= 0.3 is 0 Å². The zero-order chi connectivity index (χ0) is 2.71. The summed E-state index contributed by atoms with van der Waals surface area (Å²) in [5, 5.41) is 7.10. The first-order valence-electron chi connectivity index (χ1n) is 0.512. The second-order valence-corrected chi connectivity index (χ2v) is 0.129. The molecule has 0 radical (unpaired) electrons. The molecular weight excluding hydrogens is 164 g/mol. The third-order valence-electron chi connectivity index (χ3n) is 0. The Hall–Kier alpha value is 0.407. The van der Waals surface area contributed by atoms with Gasteiger partial charge in [-0.15, -0.1) is 0 Å². The van der Waals surface area contributed by atoms with Crippen LogP contribution in [-0.2, 0) is 36.0 Å². The molecule has 0 spiro atoms. The van der Waals surface area contributed by atoms with Crippen LogP contribution in [-0.4, -0.2) is 0 Å². The van der Waals surface area contributed by atoms with E-state index in [1.807, 2.05) is 0 Å². The topological polar surface area (TPSA) is 49.8 Å². The predicted molar refractivity (Wildman–Crippen MR) is 9.80 cm³/mol. The van der Waals surface area contributed by atoms with E-state index in [4.69, 9.17) is 5.26 Å². The molecule has 0 aliphatic carbocycles. The third kappa shape index (κ3) is 154. The second kappa shape index (κ2) is 25.8. The quantitative estimate of drug-likeness (QED) is 0.297. The molecule has 0 rings (SSSR count). The van der Waals surface area contributed by atoms with Gasteiger partial charge in [-0.05, 0) is 0 Å². The average Bonchev–Trinajstić information content (AvgIpc) is 0.918. The molecule has 0 bridgehead atoms. The smallest absolute Gasteiger partial charge is 0.173 e. The van der Waals surface area contributed by atoms with E-state index < -0.39 is 0 Å². The summed E-state index contributed by atoms with van der Waals surface area (Å²) in [7, 11) is 0. The van der Waals surface area contributed by atoms with Crippen LogP contribution in [0.15, 0.2) is 0 Å². The molecule has 28 valence electrons. The Morgan fingerprint density at radius 1 is 1.60 bits per heavy atom. The van der Waals surface area contributed by atoms with Gasteiger partial charge in [0.05, 0.1) is 0 Å². The summed E-state index contributed by atoms with van der Waals surface area (Å²) in [5.74, 6) is 0. The molecule has 0 amide bonds. The van der Waals surface area contributed by atoms with Crippen LogP contribution in [0.3, 0.4) is 0 Å². The van der Waals surface area contributed by atoms with Crippen LogP contribution < -0.4 is 5.73 Å². The Morgan fingerprint density at radius 2 is 1.60 bits per heavy atom. The summed E-state index contributed by atoms with van der Waals surface area (Å²) in [6.07, 6.45) is 1.25. The van der Waals surface area contributed by atoms with Crippen molar-refractivity contribution in [1.29, 1.82) is 5.26 Å². The van der Waals surface area contributed by atoms with E-state index in [9.17, 15) is 0 Å². The van der Waals surface area contributed by atoms with E-state index >= 15 is 0 Å². The fraction of sp³-hybridized carbons (Fsp3) is 0. The predicted octanol–water partition coefficient (Wildman–Crippen LogP) is -0.579. The Balaban J connectivity index is -0.0000000200. The minimum atomic E-state index is 0. The number of nitrogens with two attached hydrogens (primary N) is 1. The number of hydrogen-bond acceptors (Lipinski definition) is 2. The van der Waals surface area contributed by atoms with Crippen LogP contribution in [0.5, 0.6) is 0 Å². The molecule has 2 nitrogen and oxygen atoms in total. The molecule has 5 heavy (non-hydrogen) atoms. The minimum Gasteiger partial charge on any atom is -0.337 e. The number of nitriles is 1. The standard InChI is InChI=1S/CH2N2.Ni.Zn/c2-1-3;;/h2H2;;. The fourth-order valence-electron chi connectivity index (χ4n) is 0. The van der Waals surface area contributed by atoms with Crippen LogP contribution in [0.25, 0.3) is 0 Å². The van der Waals surface area contributed by atoms with E-state index in [2.05, 4.69) is 5.73 Å². The van der Waals surface area contributed by atoms with Crippen molar-refractivity contribution in [2.45, 2.75) is 0 Å². The van der Waals surface area contributed by atoms with Crippen LogP contribution >= 0.6 is 0 Å². The first-order valence-corrected chi connectivity index (χ1v) is 0.512. The molecular formula is CH2N2NiZn. The van der Waals surface area contributed by atoms with Crippen molar-refractivity contribution in [3.63, 3.8) is 0 Å². The molecule has 0 aromatic heterocycles. The van der Waals surface area contributed by atoms with Gasteiger partial charge in [-0.3, -0.25) is 0 Å². The van der Waals surface area contributed by atoms with Crippen molar-refractivity contribution in [1.82, 2.24) is 0 Å². The van der Waals surface area contributed by atoms with Gasteiger partial charge in [0, 0.05) is 36.0 Å². The summed E-state index contributed by atoms with van der Waals surface area (Å²) in [6, 6.07) is 0. The fourth-order valence-corrected chi connectivity index (χ4v) is 0. The Morgan fingerprint density at radius 3 is 1.60 bits per heavy atom. The number of rotatable bonds is 0. The second-order valence-electron chi connectivity index (χ2n) is 0.129. The van der Waals surface area contributed by atoms with Crippen molar-refractivity contribution in [3.8, 4) is 6.19 Å². The van der Waals surface area contributed by atoms with Crippen LogP contribution in [0, 0.1) is 11.5 Å². The van der Waals surface area contributed by atoms with Crippen molar-refractivity contribution in [3.05, 3.63) is 0 Å². The van der Waals surface area contributed by atoms with Crippen molar-refractivity contribution in [2.24, 2.45) is 5.73 Å². The largest absolute Gasteiger partial charge is 0.337 e. The maximum Gasteiger partial charge on any atom is 0.173 e. The molecule has 0 aromatic carbocycles. The van der Waals surface area contributed by atoms with Gasteiger partial charge in [-0.2, -0.15) is 5.26 Å². The van der Waals surface area contributed by atoms with E-state index in [-0.39, 0.29) is 36.0 Å². The molecule has 4 heteroatoms. The Labute approximate surface area is 53.4 Å². The van der Waals surface area contributed by atoms with E-state index in [1.165, 1.54) is 6.19 Å². The van der Waals surface area contributed by atoms with Gasteiger partial charge < -0.3 is 5.73 Å². The zero-order valence-electron chi connectivity index (χ0n) is 2.55. The summed E-state index contributed by atoms with van der Waals surface area (Å²) in [6.45, 7) is 0. The number of nitrogens with zero attached hydrogens (tertiary/aromatic N) is 1. The maximum absolute atomic E-state index is 7.10. The Bertz CT molecular complexity index is 31.1. The molecule has 0 aliphatic rings. The first-order chi connectivity index (χ1) is 1.41. The molecule has 0 atom stereocenters. The summed E-state index contributed by atoms with van der Waals surface area (Å²) >= 11 is 0. The van der Waals surface area contributed by atoms with Crippen molar-refractivity contribution >= 4 is 0 Å². The van der Waals surface area contributed by atoms with Gasteiger partial charge in [0.15, 0.2) is 6.19 Å². The van der Waals surface area contributed by atoms with Crippen molar-refractivity contribution < 1.29 is 36.0 Å². The third-order valence-corrected chi connectivity index (χ3v) is 0. The van der Waals surface area contributed by atoms with Gasteiger partial charge in [0.25, 0.3) is 0 Å². The van der Waals surface area contributed by atoms with Gasteiger partial charge in [-0.25, -0.2) is 0 Å². The van der Waals surface area contributed by atoms with Crippen LogP contribution in [0.4, 0.5) is 0 Å². The summed E-state index contributed by atoms with van der Waals surface area (Å²) in [5.41, 5.74) is 4.15. The van der Waals surface area contributed by atoms with Crippen LogP contribution in [0.1, 0.15) is 0 Å². The summed E-state index contributed by atoms with van der Waals surface area (Å²) < 4.78 is 0. The maximum atomic E-state index is 7.10. The SMILES string of the molecule is N#CN.[Ni].[Zn]. The molecule has 0 saturated heterocycles. The molecule has 0 aromatic rings. The Kier molecular flexibility index (Phi) is 93.7. The number of hydrogen-bond donors (Lipinski definition) is 1.